The van der Waals surface area contributed by atoms with Gasteiger partial charge in [0.15, 0.2) is 6.61 Å². The number of amides is 1. The van der Waals surface area contributed by atoms with Gasteiger partial charge >= 0.3 is 0 Å². The van der Waals surface area contributed by atoms with E-state index in [4.69, 9.17) is 17.0 Å². The first-order valence-corrected chi connectivity index (χ1v) is 10.1. The van der Waals surface area contributed by atoms with Gasteiger partial charge < -0.3 is 19.9 Å². The number of hydrogen-bond acceptors (Lipinski definition) is 4. The number of benzene rings is 2. The Hall–Kier alpha value is -2.44. The van der Waals surface area contributed by atoms with Crippen molar-refractivity contribution < 1.29 is 9.53 Å². The van der Waals surface area contributed by atoms with Crippen molar-refractivity contribution in [1.82, 2.24) is 9.80 Å². The maximum Gasteiger partial charge on any atom is 0.262 e. The zero-order valence-corrected chi connectivity index (χ0v) is 17.3. The second-order valence-corrected chi connectivity index (χ2v) is 7.34. The molecule has 0 atom stereocenters. The van der Waals surface area contributed by atoms with Crippen LogP contribution in [0.25, 0.3) is 0 Å². The monoisotopic (exact) mass is 397 g/mol. The van der Waals surface area contributed by atoms with Gasteiger partial charge in [0.1, 0.15) is 10.7 Å². The predicted octanol–water partition coefficient (Wildman–Crippen LogP) is 3.33. The van der Waals surface area contributed by atoms with Crippen LogP contribution < -0.4 is 10.1 Å². The summed E-state index contributed by atoms with van der Waals surface area (Å²) >= 11 is 5.65. The number of likely N-dealkylation sites (N-methyl/N-ethyl adjacent to an activating group) is 1. The number of thiocarbonyl (C=S) groups is 1. The Balaban J connectivity index is 1.48. The van der Waals surface area contributed by atoms with Crippen LogP contribution in [0.2, 0.25) is 0 Å². The van der Waals surface area contributed by atoms with Crippen molar-refractivity contribution >= 4 is 28.8 Å². The maximum absolute atomic E-state index is 12.0. The summed E-state index contributed by atoms with van der Waals surface area (Å²) in [5.74, 6) is 0.471. The first-order chi connectivity index (χ1) is 13.5. The molecular formula is C22H27N3O2S. The number of hydrogen-bond donors (Lipinski definition) is 1. The molecule has 1 amide bonds. The van der Waals surface area contributed by atoms with E-state index in [2.05, 4.69) is 22.0 Å². The Morgan fingerprint density at radius 1 is 1.04 bits per heavy atom. The maximum atomic E-state index is 12.0. The topological polar surface area (TPSA) is 44.8 Å². The van der Waals surface area contributed by atoms with Gasteiger partial charge in [-0.05, 0) is 49.9 Å². The molecule has 1 heterocycles. The third kappa shape index (κ3) is 5.53. The number of carbonyl (C=O) groups excluding carboxylic acids is 1. The molecule has 2 aromatic carbocycles. The SMILES string of the molecule is CCN1CCN(C(=S)c2ccc(OCC(=O)Nc3ccc(C)cc3)cc2)CC1. The summed E-state index contributed by atoms with van der Waals surface area (Å²) in [5.41, 5.74) is 2.93. The molecule has 1 N–H and O–H groups in total. The van der Waals surface area contributed by atoms with Gasteiger partial charge in [-0.25, -0.2) is 0 Å². The highest BCUT2D eigenvalue weighted by Gasteiger charge is 2.18. The normalized spacial score (nSPS) is 14.6. The lowest BCUT2D eigenvalue weighted by molar-refractivity contribution is -0.118. The van der Waals surface area contributed by atoms with Gasteiger partial charge in [0, 0.05) is 37.4 Å². The van der Waals surface area contributed by atoms with E-state index < -0.39 is 0 Å². The number of ether oxygens (including phenoxy) is 1. The number of nitrogens with one attached hydrogen (secondary N) is 1. The summed E-state index contributed by atoms with van der Waals surface area (Å²) in [6, 6.07) is 15.3. The van der Waals surface area contributed by atoms with E-state index >= 15 is 0 Å². The van der Waals surface area contributed by atoms with Crippen LogP contribution in [0.5, 0.6) is 5.75 Å². The van der Waals surface area contributed by atoms with E-state index in [1.807, 2.05) is 55.5 Å². The highest BCUT2D eigenvalue weighted by atomic mass is 32.1. The van der Waals surface area contributed by atoms with Crippen molar-refractivity contribution in [3.8, 4) is 5.75 Å². The Kier molecular flexibility index (Phi) is 7.01. The quantitative estimate of drug-likeness (QED) is 0.758. The lowest BCUT2D eigenvalue weighted by Crippen LogP contribution is -2.48. The van der Waals surface area contributed by atoms with Crippen molar-refractivity contribution in [2.75, 3.05) is 44.6 Å². The largest absolute Gasteiger partial charge is 0.484 e. The number of rotatable bonds is 6. The molecule has 1 aliphatic rings. The molecule has 1 saturated heterocycles. The minimum atomic E-state index is -0.183. The molecule has 148 valence electrons. The van der Waals surface area contributed by atoms with Crippen LogP contribution in [-0.4, -0.2) is 60.0 Å². The predicted molar refractivity (Wildman–Crippen MR) is 117 cm³/mol. The number of nitrogens with zero attached hydrogens (tertiary/aromatic N) is 2. The average molecular weight is 398 g/mol. The zero-order chi connectivity index (χ0) is 19.9. The smallest absolute Gasteiger partial charge is 0.262 e. The average Bonchev–Trinajstić information content (AvgIpc) is 2.74. The van der Waals surface area contributed by atoms with Crippen LogP contribution >= 0.6 is 12.2 Å². The molecule has 0 aromatic heterocycles. The number of carbonyl (C=O) groups is 1. The third-order valence-electron chi connectivity index (χ3n) is 4.91. The summed E-state index contributed by atoms with van der Waals surface area (Å²) < 4.78 is 5.60. The van der Waals surface area contributed by atoms with Crippen LogP contribution in [0.1, 0.15) is 18.1 Å². The minimum absolute atomic E-state index is 0.0311. The van der Waals surface area contributed by atoms with E-state index in [9.17, 15) is 4.79 Å². The Bertz CT molecular complexity index is 798. The molecule has 0 bridgehead atoms. The summed E-state index contributed by atoms with van der Waals surface area (Å²) in [6.07, 6.45) is 0. The highest BCUT2D eigenvalue weighted by Crippen LogP contribution is 2.16. The second-order valence-electron chi connectivity index (χ2n) is 6.95. The van der Waals surface area contributed by atoms with Crippen molar-refractivity contribution in [3.05, 3.63) is 59.7 Å². The van der Waals surface area contributed by atoms with Crippen molar-refractivity contribution in [1.29, 1.82) is 0 Å². The minimum Gasteiger partial charge on any atom is -0.484 e. The van der Waals surface area contributed by atoms with Crippen LogP contribution in [0.3, 0.4) is 0 Å². The van der Waals surface area contributed by atoms with Gasteiger partial charge in [-0.15, -0.1) is 0 Å². The molecular weight excluding hydrogens is 370 g/mol. The summed E-state index contributed by atoms with van der Waals surface area (Å²) in [7, 11) is 0. The van der Waals surface area contributed by atoms with E-state index in [1.54, 1.807) is 0 Å². The van der Waals surface area contributed by atoms with E-state index in [-0.39, 0.29) is 12.5 Å². The molecule has 0 radical (unpaired) electrons. The van der Waals surface area contributed by atoms with Crippen molar-refractivity contribution in [2.45, 2.75) is 13.8 Å². The molecule has 0 aliphatic carbocycles. The zero-order valence-electron chi connectivity index (χ0n) is 16.5. The molecule has 1 fully saturated rings. The fraction of sp³-hybridized carbons (Fsp3) is 0.364. The van der Waals surface area contributed by atoms with Gasteiger partial charge in [-0.1, -0.05) is 36.8 Å². The molecule has 0 unspecified atom stereocenters. The van der Waals surface area contributed by atoms with Crippen LogP contribution in [0.15, 0.2) is 48.5 Å². The van der Waals surface area contributed by atoms with E-state index in [0.717, 1.165) is 54.5 Å². The molecule has 3 rings (SSSR count). The van der Waals surface area contributed by atoms with Gasteiger partial charge in [0.05, 0.1) is 0 Å². The number of aryl methyl sites for hydroxylation is 1. The highest BCUT2D eigenvalue weighted by molar-refractivity contribution is 7.80. The number of piperazine rings is 1. The molecule has 6 heteroatoms. The Labute approximate surface area is 172 Å². The standard InChI is InChI=1S/C22H27N3O2S/c1-3-24-12-14-25(15-13-24)22(28)18-6-10-20(11-7-18)27-16-21(26)23-19-8-4-17(2)5-9-19/h4-11H,3,12-16H2,1-2H3,(H,23,26). The first-order valence-electron chi connectivity index (χ1n) is 9.66. The van der Waals surface area contributed by atoms with Crippen LogP contribution in [-0.2, 0) is 4.79 Å². The van der Waals surface area contributed by atoms with Gasteiger partial charge in [0.2, 0.25) is 0 Å². The molecule has 28 heavy (non-hydrogen) atoms. The number of anilines is 1. The molecule has 0 saturated carbocycles. The summed E-state index contributed by atoms with van der Waals surface area (Å²) in [6.45, 7) is 9.28. The van der Waals surface area contributed by atoms with E-state index in [1.165, 1.54) is 0 Å². The van der Waals surface area contributed by atoms with Gasteiger partial charge in [0.25, 0.3) is 5.91 Å². The molecule has 1 aliphatic heterocycles. The summed E-state index contributed by atoms with van der Waals surface area (Å²) in [5, 5.41) is 2.82. The molecule has 5 nitrogen and oxygen atoms in total. The van der Waals surface area contributed by atoms with Crippen LogP contribution in [0, 0.1) is 6.92 Å². The molecule has 0 spiro atoms. The van der Waals surface area contributed by atoms with Gasteiger partial charge in [-0.2, -0.15) is 0 Å². The summed E-state index contributed by atoms with van der Waals surface area (Å²) in [4.78, 5) is 17.6. The van der Waals surface area contributed by atoms with Crippen molar-refractivity contribution in [2.24, 2.45) is 0 Å². The Morgan fingerprint density at radius 3 is 2.29 bits per heavy atom. The third-order valence-corrected chi connectivity index (χ3v) is 5.41. The van der Waals surface area contributed by atoms with Crippen molar-refractivity contribution in [3.63, 3.8) is 0 Å². The Morgan fingerprint density at radius 2 is 1.68 bits per heavy atom. The lowest BCUT2D eigenvalue weighted by atomic mass is 10.2. The molecule has 2 aromatic rings. The fourth-order valence-electron chi connectivity index (χ4n) is 3.13. The fourth-order valence-corrected chi connectivity index (χ4v) is 3.45. The second kappa shape index (κ2) is 9.66. The van der Waals surface area contributed by atoms with E-state index in [0.29, 0.717) is 5.75 Å². The lowest BCUT2D eigenvalue weighted by Gasteiger charge is -2.35. The first kappa shape index (κ1) is 20.3. The van der Waals surface area contributed by atoms with Crippen LogP contribution in [0.4, 0.5) is 5.69 Å². The van der Waals surface area contributed by atoms with Gasteiger partial charge in [-0.3, -0.25) is 4.79 Å².